The Balaban J connectivity index is 2.45. The second-order valence-corrected chi connectivity index (χ2v) is 4.33. The van der Waals surface area contributed by atoms with Crippen LogP contribution in [0.1, 0.15) is 24.3 Å². The fourth-order valence-electron chi connectivity index (χ4n) is 1.47. The Morgan fingerprint density at radius 3 is 2.58 bits per heavy atom. The number of hydrogen-bond acceptors (Lipinski definition) is 3. The molecule has 0 bridgehead atoms. The van der Waals surface area contributed by atoms with E-state index in [0.29, 0.717) is 0 Å². The number of aliphatic hydroxyl groups is 1. The fourth-order valence-corrected chi connectivity index (χ4v) is 1.69. The van der Waals surface area contributed by atoms with E-state index in [2.05, 4.69) is 10.3 Å². The van der Waals surface area contributed by atoms with Gasteiger partial charge >= 0.3 is 6.18 Å². The maximum absolute atomic E-state index is 12.7. The van der Waals surface area contributed by atoms with Crippen molar-refractivity contribution in [2.45, 2.75) is 19.2 Å². The van der Waals surface area contributed by atoms with Crippen molar-refractivity contribution in [2.24, 2.45) is 0 Å². The Morgan fingerprint density at radius 2 is 2.05 bits per heavy atom. The molecule has 0 saturated heterocycles. The predicted octanol–water partition coefficient (Wildman–Crippen LogP) is 2.99. The van der Waals surface area contributed by atoms with Gasteiger partial charge < -0.3 is 5.11 Å². The van der Waals surface area contributed by atoms with Crippen LogP contribution in [-0.2, 0) is 6.18 Å². The Kier molecular flexibility index (Phi) is 3.51. The first-order valence-electron chi connectivity index (χ1n) is 5.26. The van der Waals surface area contributed by atoms with E-state index >= 15 is 0 Å². The predicted molar refractivity (Wildman–Crippen MR) is 62.0 cm³/mol. The van der Waals surface area contributed by atoms with Crippen LogP contribution in [0.5, 0.6) is 0 Å². The standard InChI is InChI=1S/C11H9ClF3N3O/c1-6(19)10-5-18(17-16-10)7-2-3-9(12)8(4-7)11(13,14)15/h2-6,19H,1H3. The third-order valence-corrected chi connectivity index (χ3v) is 2.79. The van der Waals surface area contributed by atoms with E-state index in [-0.39, 0.29) is 16.4 Å². The van der Waals surface area contributed by atoms with Crippen molar-refractivity contribution in [1.29, 1.82) is 0 Å². The molecular weight excluding hydrogens is 283 g/mol. The Morgan fingerprint density at radius 1 is 1.37 bits per heavy atom. The second-order valence-electron chi connectivity index (χ2n) is 3.93. The molecule has 0 radical (unpaired) electrons. The molecule has 0 spiro atoms. The number of aliphatic hydroxyl groups excluding tert-OH is 1. The summed E-state index contributed by atoms with van der Waals surface area (Å²) in [6.07, 6.45) is -4.03. The van der Waals surface area contributed by atoms with Crippen molar-refractivity contribution in [3.8, 4) is 5.69 Å². The molecule has 2 rings (SSSR count). The van der Waals surface area contributed by atoms with Crippen LogP contribution in [0.4, 0.5) is 13.2 Å². The largest absolute Gasteiger partial charge is 0.417 e. The molecule has 0 aliphatic carbocycles. The summed E-state index contributed by atoms with van der Waals surface area (Å²) in [7, 11) is 0. The lowest BCUT2D eigenvalue weighted by Crippen LogP contribution is -2.07. The normalized spacial score (nSPS) is 13.6. The molecule has 4 nitrogen and oxygen atoms in total. The molecule has 2 aromatic rings. The zero-order valence-electron chi connectivity index (χ0n) is 9.69. The molecule has 8 heteroatoms. The summed E-state index contributed by atoms with van der Waals surface area (Å²) in [6, 6.07) is 3.41. The lowest BCUT2D eigenvalue weighted by Gasteiger charge is -2.10. The molecule has 102 valence electrons. The van der Waals surface area contributed by atoms with Crippen LogP contribution in [-0.4, -0.2) is 20.1 Å². The molecule has 1 aromatic carbocycles. The highest BCUT2D eigenvalue weighted by molar-refractivity contribution is 6.31. The minimum atomic E-state index is -4.54. The van der Waals surface area contributed by atoms with Gasteiger partial charge in [0.25, 0.3) is 0 Å². The maximum atomic E-state index is 12.7. The molecule has 1 atom stereocenters. The van der Waals surface area contributed by atoms with Gasteiger partial charge in [-0.1, -0.05) is 16.8 Å². The van der Waals surface area contributed by atoms with Gasteiger partial charge in [-0.05, 0) is 25.1 Å². The quantitative estimate of drug-likeness (QED) is 0.925. The average molecular weight is 292 g/mol. The van der Waals surface area contributed by atoms with Crippen LogP contribution in [0.3, 0.4) is 0 Å². The third-order valence-electron chi connectivity index (χ3n) is 2.46. The molecule has 0 saturated carbocycles. The average Bonchev–Trinajstić information content (AvgIpc) is 2.77. The summed E-state index contributed by atoms with van der Waals surface area (Å²) in [5.41, 5.74) is -0.514. The van der Waals surface area contributed by atoms with E-state index in [1.54, 1.807) is 0 Å². The molecule has 1 N–H and O–H groups in total. The van der Waals surface area contributed by atoms with E-state index < -0.39 is 17.8 Å². The summed E-state index contributed by atoms with van der Waals surface area (Å²) < 4.78 is 39.3. The highest BCUT2D eigenvalue weighted by Gasteiger charge is 2.33. The van der Waals surface area contributed by atoms with Crippen molar-refractivity contribution in [2.75, 3.05) is 0 Å². The van der Waals surface area contributed by atoms with Crippen molar-refractivity contribution in [3.05, 3.63) is 40.7 Å². The monoisotopic (exact) mass is 291 g/mol. The number of hydrogen-bond donors (Lipinski definition) is 1. The van der Waals surface area contributed by atoms with Gasteiger partial charge in [-0.3, -0.25) is 0 Å². The fraction of sp³-hybridized carbons (Fsp3) is 0.273. The first-order chi connectivity index (χ1) is 8.79. The van der Waals surface area contributed by atoms with Crippen molar-refractivity contribution < 1.29 is 18.3 Å². The highest BCUT2D eigenvalue weighted by atomic mass is 35.5. The van der Waals surface area contributed by atoms with E-state index in [4.69, 9.17) is 11.6 Å². The molecule has 0 aliphatic heterocycles. The van der Waals surface area contributed by atoms with E-state index in [0.717, 1.165) is 16.8 Å². The van der Waals surface area contributed by atoms with Crippen LogP contribution >= 0.6 is 11.6 Å². The molecule has 0 amide bonds. The van der Waals surface area contributed by atoms with Gasteiger partial charge in [-0.15, -0.1) is 5.10 Å². The molecule has 19 heavy (non-hydrogen) atoms. The summed E-state index contributed by atoms with van der Waals surface area (Å²) >= 11 is 5.52. The molecule has 1 aromatic heterocycles. The van der Waals surface area contributed by atoms with Crippen molar-refractivity contribution in [3.63, 3.8) is 0 Å². The number of aromatic nitrogens is 3. The van der Waals surface area contributed by atoms with Gasteiger partial charge in [0.05, 0.1) is 28.6 Å². The first-order valence-corrected chi connectivity index (χ1v) is 5.64. The van der Waals surface area contributed by atoms with Crippen LogP contribution in [0.15, 0.2) is 24.4 Å². The van der Waals surface area contributed by atoms with Crippen molar-refractivity contribution in [1.82, 2.24) is 15.0 Å². The smallest absolute Gasteiger partial charge is 0.387 e. The highest BCUT2D eigenvalue weighted by Crippen LogP contribution is 2.35. The maximum Gasteiger partial charge on any atom is 0.417 e. The van der Waals surface area contributed by atoms with E-state index in [1.807, 2.05) is 0 Å². The van der Waals surface area contributed by atoms with Gasteiger partial charge in [0.1, 0.15) is 5.69 Å². The third kappa shape index (κ3) is 2.87. The summed E-state index contributed by atoms with van der Waals surface area (Å²) in [6.45, 7) is 1.48. The van der Waals surface area contributed by atoms with Crippen molar-refractivity contribution >= 4 is 11.6 Å². The van der Waals surface area contributed by atoms with E-state index in [9.17, 15) is 18.3 Å². The molecular formula is C11H9ClF3N3O. The number of nitrogens with zero attached hydrogens (tertiary/aromatic N) is 3. The van der Waals surface area contributed by atoms with Crippen LogP contribution in [0.2, 0.25) is 5.02 Å². The number of rotatable bonds is 2. The van der Waals surface area contributed by atoms with Crippen LogP contribution in [0.25, 0.3) is 5.69 Å². The molecule has 0 fully saturated rings. The molecule has 1 heterocycles. The lowest BCUT2D eigenvalue weighted by molar-refractivity contribution is -0.137. The molecule has 1 unspecified atom stereocenters. The first kappa shape index (κ1) is 13.8. The number of benzene rings is 1. The zero-order chi connectivity index (χ0) is 14.2. The summed E-state index contributed by atoms with van der Waals surface area (Å²) in [4.78, 5) is 0. The van der Waals surface area contributed by atoms with Gasteiger partial charge in [-0.25, -0.2) is 4.68 Å². The van der Waals surface area contributed by atoms with Gasteiger partial charge in [0.2, 0.25) is 0 Å². The summed E-state index contributed by atoms with van der Waals surface area (Å²) in [5.74, 6) is 0. The molecule has 0 aliphatic rings. The topological polar surface area (TPSA) is 50.9 Å². The minimum Gasteiger partial charge on any atom is -0.387 e. The van der Waals surface area contributed by atoms with Crippen LogP contribution < -0.4 is 0 Å². The second kappa shape index (κ2) is 4.82. The van der Waals surface area contributed by atoms with E-state index in [1.165, 1.54) is 19.2 Å². The number of halogens is 4. The number of alkyl halides is 3. The Labute approximate surface area is 111 Å². The Hall–Kier alpha value is -1.60. The zero-order valence-corrected chi connectivity index (χ0v) is 10.4. The lowest BCUT2D eigenvalue weighted by atomic mass is 10.2. The van der Waals surface area contributed by atoms with Gasteiger partial charge in [0, 0.05) is 0 Å². The minimum absolute atomic E-state index is 0.163. The van der Waals surface area contributed by atoms with Crippen LogP contribution in [0, 0.1) is 0 Å². The Bertz CT molecular complexity index is 595. The van der Waals surface area contributed by atoms with Gasteiger partial charge in [0.15, 0.2) is 0 Å². The summed E-state index contributed by atoms with van der Waals surface area (Å²) in [5, 5.41) is 16.2. The SMILES string of the molecule is CC(O)c1cn(-c2ccc(Cl)c(C(F)(F)F)c2)nn1. The van der Waals surface area contributed by atoms with Gasteiger partial charge in [-0.2, -0.15) is 13.2 Å².